The lowest BCUT2D eigenvalue weighted by Crippen LogP contribution is -2.03. The molecule has 116 valence electrons. The Balaban J connectivity index is 2.13. The number of carboxylic acids is 1. The molecule has 2 heterocycles. The van der Waals surface area contributed by atoms with Crippen molar-refractivity contribution in [3.8, 4) is 22.8 Å². The third-order valence-corrected chi connectivity index (χ3v) is 3.45. The molecule has 0 atom stereocenters. The fourth-order valence-corrected chi connectivity index (χ4v) is 2.23. The summed E-state index contributed by atoms with van der Waals surface area (Å²) in [4.78, 5) is 15.4. The fraction of sp³-hybridized carbons (Fsp3) is 0.118. The molecule has 6 nitrogen and oxygen atoms in total. The molecule has 1 aromatic carbocycles. The van der Waals surface area contributed by atoms with Crippen LogP contribution in [0, 0.1) is 6.92 Å². The highest BCUT2D eigenvalue weighted by Gasteiger charge is 2.16. The summed E-state index contributed by atoms with van der Waals surface area (Å²) in [5, 5.41) is 13.4. The Morgan fingerprint density at radius 3 is 2.48 bits per heavy atom. The molecule has 0 spiro atoms. The van der Waals surface area contributed by atoms with Crippen LogP contribution in [-0.2, 0) is 0 Å². The molecular formula is C17H15N3O3. The Kier molecular flexibility index (Phi) is 3.80. The summed E-state index contributed by atoms with van der Waals surface area (Å²) in [5.74, 6) is -0.588. The van der Waals surface area contributed by atoms with Crippen LogP contribution in [0.2, 0.25) is 0 Å². The molecule has 6 heteroatoms. The Morgan fingerprint density at radius 2 is 1.91 bits per heavy atom. The van der Waals surface area contributed by atoms with Crippen molar-refractivity contribution in [2.45, 2.75) is 6.92 Å². The van der Waals surface area contributed by atoms with Crippen LogP contribution < -0.4 is 4.74 Å². The van der Waals surface area contributed by atoms with Crippen LogP contribution in [0.5, 0.6) is 5.88 Å². The van der Waals surface area contributed by atoms with Crippen molar-refractivity contribution in [2.75, 3.05) is 7.11 Å². The molecule has 0 radical (unpaired) electrons. The summed E-state index contributed by atoms with van der Waals surface area (Å²) in [5.41, 5.74) is 3.34. The van der Waals surface area contributed by atoms with Gasteiger partial charge >= 0.3 is 5.97 Å². The SMILES string of the molecule is COc1ccc(-n2nc(C(=O)O)cc2-c2ccc(C)cc2)cn1. The molecule has 3 rings (SSSR count). The van der Waals surface area contributed by atoms with E-state index < -0.39 is 5.97 Å². The first kappa shape index (κ1) is 14.8. The van der Waals surface area contributed by atoms with Gasteiger partial charge < -0.3 is 9.84 Å². The highest BCUT2D eigenvalue weighted by molar-refractivity contribution is 5.87. The number of carbonyl (C=O) groups is 1. The summed E-state index contributed by atoms with van der Waals surface area (Å²) >= 11 is 0. The van der Waals surface area contributed by atoms with Gasteiger partial charge in [0.15, 0.2) is 5.69 Å². The molecule has 0 amide bonds. The van der Waals surface area contributed by atoms with Gasteiger partial charge in [-0.3, -0.25) is 0 Å². The van der Waals surface area contributed by atoms with E-state index in [1.54, 1.807) is 29.1 Å². The van der Waals surface area contributed by atoms with Gasteiger partial charge in [0.2, 0.25) is 5.88 Å². The van der Waals surface area contributed by atoms with Crippen LogP contribution in [0.1, 0.15) is 16.1 Å². The van der Waals surface area contributed by atoms with Gasteiger partial charge in [0.05, 0.1) is 24.7 Å². The summed E-state index contributed by atoms with van der Waals surface area (Å²) < 4.78 is 6.61. The van der Waals surface area contributed by atoms with Gasteiger partial charge in [-0.25, -0.2) is 14.5 Å². The number of rotatable bonds is 4. The third kappa shape index (κ3) is 2.91. The van der Waals surface area contributed by atoms with Gasteiger partial charge in [0, 0.05) is 11.6 Å². The first-order chi connectivity index (χ1) is 11.1. The van der Waals surface area contributed by atoms with E-state index in [4.69, 9.17) is 4.74 Å². The summed E-state index contributed by atoms with van der Waals surface area (Å²) in [7, 11) is 1.54. The topological polar surface area (TPSA) is 77.2 Å². The fourth-order valence-electron chi connectivity index (χ4n) is 2.23. The molecule has 1 N–H and O–H groups in total. The minimum atomic E-state index is -1.07. The number of aromatic nitrogens is 3. The number of carboxylic acid groups (broad SMARTS) is 1. The van der Waals surface area contributed by atoms with Crippen LogP contribution in [0.15, 0.2) is 48.7 Å². The van der Waals surface area contributed by atoms with Crippen LogP contribution in [0.3, 0.4) is 0 Å². The van der Waals surface area contributed by atoms with E-state index in [1.807, 2.05) is 31.2 Å². The maximum absolute atomic E-state index is 11.3. The van der Waals surface area contributed by atoms with Crippen molar-refractivity contribution in [2.24, 2.45) is 0 Å². The van der Waals surface area contributed by atoms with Gasteiger partial charge in [-0.15, -0.1) is 0 Å². The lowest BCUT2D eigenvalue weighted by atomic mass is 10.1. The van der Waals surface area contributed by atoms with Crippen LogP contribution in [0.25, 0.3) is 16.9 Å². The normalized spacial score (nSPS) is 10.5. The number of ether oxygens (including phenoxy) is 1. The van der Waals surface area contributed by atoms with Gasteiger partial charge in [0.25, 0.3) is 0 Å². The van der Waals surface area contributed by atoms with Crippen molar-refractivity contribution in [3.63, 3.8) is 0 Å². The monoisotopic (exact) mass is 309 g/mol. The molecule has 3 aromatic rings. The number of nitrogens with zero attached hydrogens (tertiary/aromatic N) is 3. The number of pyridine rings is 1. The maximum atomic E-state index is 11.3. The zero-order chi connectivity index (χ0) is 16.4. The van der Waals surface area contributed by atoms with Crippen molar-refractivity contribution >= 4 is 5.97 Å². The average Bonchev–Trinajstić information content (AvgIpc) is 3.01. The predicted octanol–water partition coefficient (Wildman–Crippen LogP) is 2.95. The van der Waals surface area contributed by atoms with Crippen LogP contribution >= 0.6 is 0 Å². The van der Waals surface area contributed by atoms with E-state index in [2.05, 4.69) is 10.1 Å². The maximum Gasteiger partial charge on any atom is 0.356 e. The second-order valence-electron chi connectivity index (χ2n) is 5.06. The minimum absolute atomic E-state index is 0.0172. The van der Waals surface area contributed by atoms with Gasteiger partial charge in [-0.2, -0.15) is 5.10 Å². The summed E-state index contributed by atoms with van der Waals surface area (Å²) in [6.07, 6.45) is 1.59. The lowest BCUT2D eigenvalue weighted by molar-refractivity contribution is 0.0690. The number of hydrogen-bond donors (Lipinski definition) is 1. The Bertz CT molecular complexity index is 837. The first-order valence-electron chi connectivity index (χ1n) is 6.99. The molecule has 0 saturated heterocycles. The molecule has 0 aliphatic carbocycles. The number of benzene rings is 1. The van der Waals surface area contributed by atoms with E-state index in [9.17, 15) is 9.90 Å². The predicted molar refractivity (Wildman–Crippen MR) is 85.0 cm³/mol. The zero-order valence-electron chi connectivity index (χ0n) is 12.7. The van der Waals surface area contributed by atoms with Crippen molar-refractivity contribution < 1.29 is 14.6 Å². The van der Waals surface area contributed by atoms with Gasteiger partial charge in [0.1, 0.15) is 0 Å². The first-order valence-corrected chi connectivity index (χ1v) is 6.99. The highest BCUT2D eigenvalue weighted by Crippen LogP contribution is 2.25. The highest BCUT2D eigenvalue weighted by atomic mass is 16.5. The largest absolute Gasteiger partial charge is 0.481 e. The molecule has 0 unspecified atom stereocenters. The third-order valence-electron chi connectivity index (χ3n) is 3.45. The van der Waals surface area contributed by atoms with Crippen molar-refractivity contribution in [3.05, 3.63) is 59.9 Å². The second kappa shape index (κ2) is 5.92. The smallest absolute Gasteiger partial charge is 0.356 e. The van der Waals surface area contributed by atoms with E-state index in [-0.39, 0.29) is 5.69 Å². The molecule has 0 bridgehead atoms. The average molecular weight is 309 g/mol. The molecule has 0 aliphatic rings. The Labute approximate surface area is 133 Å². The van der Waals surface area contributed by atoms with Gasteiger partial charge in [-0.05, 0) is 19.1 Å². The van der Waals surface area contributed by atoms with Crippen LogP contribution in [0.4, 0.5) is 0 Å². The van der Waals surface area contributed by atoms with E-state index in [0.29, 0.717) is 17.3 Å². The number of aryl methyl sites for hydroxylation is 1. The molecule has 2 aromatic heterocycles. The minimum Gasteiger partial charge on any atom is -0.481 e. The van der Waals surface area contributed by atoms with E-state index in [1.165, 1.54) is 7.11 Å². The molecular weight excluding hydrogens is 294 g/mol. The lowest BCUT2D eigenvalue weighted by Gasteiger charge is -2.08. The summed E-state index contributed by atoms with van der Waals surface area (Å²) in [6.45, 7) is 2.00. The Morgan fingerprint density at radius 1 is 1.17 bits per heavy atom. The standard InChI is InChI=1S/C17H15N3O3/c1-11-3-5-12(6-4-11)15-9-14(17(21)22)19-20(15)13-7-8-16(23-2)18-10-13/h3-10H,1-2H3,(H,21,22). The summed E-state index contributed by atoms with van der Waals surface area (Å²) in [6, 6.07) is 12.9. The van der Waals surface area contributed by atoms with Gasteiger partial charge in [-0.1, -0.05) is 29.8 Å². The van der Waals surface area contributed by atoms with Crippen molar-refractivity contribution in [1.82, 2.24) is 14.8 Å². The van der Waals surface area contributed by atoms with Crippen molar-refractivity contribution in [1.29, 1.82) is 0 Å². The molecule has 0 aliphatic heterocycles. The van der Waals surface area contributed by atoms with E-state index in [0.717, 1.165) is 11.1 Å². The zero-order valence-corrected chi connectivity index (χ0v) is 12.7. The number of aromatic carboxylic acids is 1. The van der Waals surface area contributed by atoms with E-state index >= 15 is 0 Å². The number of methoxy groups -OCH3 is 1. The molecule has 0 fully saturated rings. The Hall–Kier alpha value is -3.15. The number of hydrogen-bond acceptors (Lipinski definition) is 4. The quantitative estimate of drug-likeness (QED) is 0.801. The molecule has 0 saturated carbocycles. The molecule has 23 heavy (non-hydrogen) atoms. The van der Waals surface area contributed by atoms with Crippen LogP contribution in [-0.4, -0.2) is 33.0 Å². The second-order valence-corrected chi connectivity index (χ2v) is 5.06.